The van der Waals surface area contributed by atoms with E-state index in [-0.39, 0.29) is 0 Å². The first-order valence-corrected chi connectivity index (χ1v) is 4.98. The normalized spacial score (nSPS) is 9.93. The summed E-state index contributed by atoms with van der Waals surface area (Å²) in [6.07, 6.45) is 2.60. The van der Waals surface area contributed by atoms with Crippen molar-refractivity contribution in [3.63, 3.8) is 0 Å². The average molecular weight is 211 g/mol. The van der Waals surface area contributed by atoms with Crippen molar-refractivity contribution in [2.24, 2.45) is 0 Å². The zero-order valence-corrected chi connectivity index (χ0v) is 9.36. The largest absolute Gasteiger partial charge is 0.389 e. The van der Waals surface area contributed by atoms with Crippen molar-refractivity contribution in [2.45, 2.75) is 20.3 Å². The molecule has 1 aromatic heterocycles. The minimum absolute atomic E-state index is 0.724. The van der Waals surface area contributed by atoms with E-state index in [1.54, 1.807) is 6.20 Å². The molecular formula is C11H15ClN2. The zero-order chi connectivity index (χ0) is 10.6. The molecule has 3 heteroatoms. The third-order valence-electron chi connectivity index (χ3n) is 1.91. The van der Waals surface area contributed by atoms with Crippen LogP contribution in [0.2, 0.25) is 5.02 Å². The van der Waals surface area contributed by atoms with Crippen molar-refractivity contribution in [3.05, 3.63) is 40.8 Å². The lowest BCUT2D eigenvalue weighted by Gasteiger charge is -2.05. The fourth-order valence-electron chi connectivity index (χ4n) is 1.14. The van der Waals surface area contributed by atoms with Crippen LogP contribution >= 0.6 is 11.6 Å². The van der Waals surface area contributed by atoms with E-state index in [1.807, 2.05) is 19.9 Å². The van der Waals surface area contributed by atoms with Crippen molar-refractivity contribution in [1.82, 2.24) is 10.3 Å². The summed E-state index contributed by atoms with van der Waals surface area (Å²) in [5.41, 5.74) is 3.11. The van der Waals surface area contributed by atoms with Gasteiger partial charge < -0.3 is 5.32 Å². The minimum atomic E-state index is 0.724. The van der Waals surface area contributed by atoms with Gasteiger partial charge in [0.15, 0.2) is 0 Å². The molecule has 1 N–H and O–H groups in total. The van der Waals surface area contributed by atoms with E-state index in [0.29, 0.717) is 0 Å². The average Bonchev–Trinajstić information content (AvgIpc) is 2.10. The second-order valence-corrected chi connectivity index (χ2v) is 3.79. The van der Waals surface area contributed by atoms with Gasteiger partial charge in [-0.05, 0) is 25.5 Å². The molecule has 0 aliphatic carbocycles. The Labute approximate surface area is 90.0 Å². The number of hydrogen-bond acceptors (Lipinski definition) is 2. The molecule has 0 bridgehead atoms. The lowest BCUT2D eigenvalue weighted by Crippen LogP contribution is -2.14. The lowest BCUT2D eigenvalue weighted by atomic mass is 10.2. The number of halogens is 1. The number of aryl methyl sites for hydroxylation is 1. The minimum Gasteiger partial charge on any atom is -0.389 e. The van der Waals surface area contributed by atoms with Gasteiger partial charge in [-0.2, -0.15) is 0 Å². The first-order valence-electron chi connectivity index (χ1n) is 4.60. The van der Waals surface area contributed by atoms with Crippen LogP contribution in [0.15, 0.2) is 24.5 Å². The summed E-state index contributed by atoms with van der Waals surface area (Å²) in [7, 11) is 0. The SMILES string of the molecule is C=C(C)NCCc1cc(C)c(Cl)cn1. The fourth-order valence-corrected chi connectivity index (χ4v) is 1.24. The quantitative estimate of drug-likeness (QED) is 0.827. The van der Waals surface area contributed by atoms with Gasteiger partial charge in [0, 0.05) is 30.6 Å². The number of hydrogen-bond donors (Lipinski definition) is 1. The Morgan fingerprint density at radius 2 is 2.36 bits per heavy atom. The highest BCUT2D eigenvalue weighted by Gasteiger charge is 1.98. The summed E-state index contributed by atoms with van der Waals surface area (Å²) >= 11 is 5.87. The molecule has 2 nitrogen and oxygen atoms in total. The van der Waals surface area contributed by atoms with Crippen molar-refractivity contribution in [2.75, 3.05) is 6.54 Å². The predicted molar refractivity (Wildman–Crippen MR) is 60.5 cm³/mol. The molecule has 1 rings (SSSR count). The van der Waals surface area contributed by atoms with Crippen LogP contribution < -0.4 is 5.32 Å². The number of nitrogens with one attached hydrogen (secondary N) is 1. The number of nitrogens with zero attached hydrogens (tertiary/aromatic N) is 1. The molecule has 0 aliphatic heterocycles. The van der Waals surface area contributed by atoms with Crippen molar-refractivity contribution in [3.8, 4) is 0 Å². The van der Waals surface area contributed by atoms with Gasteiger partial charge in [-0.1, -0.05) is 18.2 Å². The molecule has 0 aliphatic rings. The first-order chi connectivity index (χ1) is 6.59. The molecule has 0 aromatic carbocycles. The van der Waals surface area contributed by atoms with Crippen LogP contribution in [-0.2, 0) is 6.42 Å². The van der Waals surface area contributed by atoms with E-state index < -0.39 is 0 Å². The second-order valence-electron chi connectivity index (χ2n) is 3.38. The molecule has 0 saturated heterocycles. The Kier molecular flexibility index (Phi) is 3.96. The third kappa shape index (κ3) is 3.38. The summed E-state index contributed by atoms with van der Waals surface area (Å²) in [6.45, 7) is 8.56. The lowest BCUT2D eigenvalue weighted by molar-refractivity contribution is 0.776. The van der Waals surface area contributed by atoms with Crippen LogP contribution in [0.25, 0.3) is 0 Å². The second kappa shape index (κ2) is 5.01. The highest BCUT2D eigenvalue weighted by molar-refractivity contribution is 6.31. The van der Waals surface area contributed by atoms with Gasteiger partial charge in [0.2, 0.25) is 0 Å². The van der Waals surface area contributed by atoms with E-state index in [2.05, 4.69) is 16.9 Å². The first kappa shape index (κ1) is 11.1. The van der Waals surface area contributed by atoms with Gasteiger partial charge in [0.05, 0.1) is 5.02 Å². The van der Waals surface area contributed by atoms with Crippen molar-refractivity contribution < 1.29 is 0 Å². The molecule has 1 aromatic rings. The summed E-state index contributed by atoms with van der Waals surface area (Å²) in [6, 6.07) is 2.02. The molecule has 14 heavy (non-hydrogen) atoms. The van der Waals surface area contributed by atoms with Crippen LogP contribution in [0.3, 0.4) is 0 Å². The Bertz CT molecular complexity index is 334. The van der Waals surface area contributed by atoms with Crippen molar-refractivity contribution in [1.29, 1.82) is 0 Å². The molecule has 1 heterocycles. The Balaban J connectivity index is 2.51. The number of aromatic nitrogens is 1. The van der Waals surface area contributed by atoms with E-state index >= 15 is 0 Å². The Hall–Kier alpha value is -1.02. The van der Waals surface area contributed by atoms with E-state index in [9.17, 15) is 0 Å². The highest BCUT2D eigenvalue weighted by atomic mass is 35.5. The van der Waals surface area contributed by atoms with E-state index in [1.165, 1.54) is 0 Å². The summed E-state index contributed by atoms with van der Waals surface area (Å²) in [5, 5.41) is 3.88. The highest BCUT2D eigenvalue weighted by Crippen LogP contribution is 2.13. The van der Waals surface area contributed by atoms with Gasteiger partial charge in [0.25, 0.3) is 0 Å². The topological polar surface area (TPSA) is 24.9 Å². The summed E-state index contributed by atoms with van der Waals surface area (Å²) < 4.78 is 0. The van der Waals surface area contributed by atoms with Crippen LogP contribution in [0, 0.1) is 6.92 Å². The Morgan fingerprint density at radius 1 is 1.64 bits per heavy atom. The summed E-state index contributed by atoms with van der Waals surface area (Å²) in [4.78, 5) is 4.23. The maximum absolute atomic E-state index is 5.87. The van der Waals surface area contributed by atoms with Gasteiger partial charge in [0.1, 0.15) is 0 Å². The van der Waals surface area contributed by atoms with Gasteiger partial charge in [-0.3, -0.25) is 4.98 Å². The zero-order valence-electron chi connectivity index (χ0n) is 8.60. The van der Waals surface area contributed by atoms with Crippen LogP contribution in [0.5, 0.6) is 0 Å². The molecule has 0 atom stereocenters. The number of rotatable bonds is 4. The molecule has 0 spiro atoms. The Morgan fingerprint density at radius 3 is 2.93 bits per heavy atom. The third-order valence-corrected chi connectivity index (χ3v) is 2.31. The molecule has 76 valence electrons. The standard InChI is InChI=1S/C11H15ClN2/c1-8(2)13-5-4-10-6-9(3)11(12)7-14-10/h6-7,13H,1,4-5H2,2-3H3. The van der Waals surface area contributed by atoms with Crippen LogP contribution in [0.4, 0.5) is 0 Å². The van der Waals surface area contributed by atoms with Crippen LogP contribution in [-0.4, -0.2) is 11.5 Å². The molecule has 0 unspecified atom stereocenters. The summed E-state index contributed by atoms with van der Waals surface area (Å²) in [5.74, 6) is 0. The van der Waals surface area contributed by atoms with E-state index in [0.717, 1.165) is 34.9 Å². The maximum atomic E-state index is 5.87. The predicted octanol–water partition coefficient (Wildman–Crippen LogP) is 2.71. The molecule has 0 radical (unpaired) electrons. The van der Waals surface area contributed by atoms with Crippen LogP contribution in [0.1, 0.15) is 18.2 Å². The molecule has 0 saturated carbocycles. The fraction of sp³-hybridized carbons (Fsp3) is 0.364. The molecular weight excluding hydrogens is 196 g/mol. The molecule has 0 amide bonds. The van der Waals surface area contributed by atoms with Gasteiger partial charge >= 0.3 is 0 Å². The number of allylic oxidation sites excluding steroid dienone is 1. The smallest absolute Gasteiger partial charge is 0.0618 e. The molecule has 0 fully saturated rings. The van der Waals surface area contributed by atoms with Gasteiger partial charge in [-0.15, -0.1) is 0 Å². The monoisotopic (exact) mass is 210 g/mol. The van der Waals surface area contributed by atoms with Gasteiger partial charge in [-0.25, -0.2) is 0 Å². The van der Waals surface area contributed by atoms with Crippen molar-refractivity contribution >= 4 is 11.6 Å². The number of pyridine rings is 1. The maximum Gasteiger partial charge on any atom is 0.0618 e. The van der Waals surface area contributed by atoms with E-state index in [4.69, 9.17) is 11.6 Å².